The minimum atomic E-state index is -4.34. The molecule has 1 aromatic rings. The Morgan fingerprint density at radius 3 is 2.57 bits per heavy atom. The van der Waals surface area contributed by atoms with Gasteiger partial charge in [0.05, 0.1) is 5.56 Å². The molecule has 0 atom stereocenters. The number of pyridine rings is 1. The van der Waals surface area contributed by atoms with Gasteiger partial charge in [0.25, 0.3) is 0 Å². The molecule has 2 rings (SSSR count). The lowest BCUT2D eigenvalue weighted by Gasteiger charge is -2.27. The lowest BCUT2D eigenvalue weighted by molar-refractivity contribution is -0.120. The quantitative estimate of drug-likeness (QED) is 0.387. The molecule has 0 bridgehead atoms. The van der Waals surface area contributed by atoms with Crippen LogP contribution in [0.25, 0.3) is 0 Å². The molecule has 1 aliphatic rings. The van der Waals surface area contributed by atoms with E-state index in [0.29, 0.717) is 24.1 Å². The second-order valence-corrected chi connectivity index (χ2v) is 5.24. The zero-order chi connectivity index (χ0) is 15.8. The van der Waals surface area contributed by atoms with Crippen LogP contribution >= 0.6 is 0 Å². The number of anilines is 1. The first-order valence-electron chi connectivity index (χ1n) is 6.52. The Kier molecular flexibility index (Phi) is 3.97. The van der Waals surface area contributed by atoms with E-state index in [1.165, 1.54) is 4.90 Å². The molecule has 21 heavy (non-hydrogen) atoms. The van der Waals surface area contributed by atoms with Crippen molar-refractivity contribution in [2.75, 3.05) is 11.4 Å². The molecule has 0 spiro atoms. The summed E-state index contributed by atoms with van der Waals surface area (Å²) >= 11 is 0. The second kappa shape index (κ2) is 5.42. The van der Waals surface area contributed by atoms with Crippen LogP contribution in [0.15, 0.2) is 11.2 Å². The number of aryl methyl sites for hydroxylation is 2. The topological polar surface area (TPSA) is 74.7 Å². The van der Waals surface area contributed by atoms with Crippen LogP contribution in [-0.4, -0.2) is 34.8 Å². The smallest absolute Gasteiger partial charge is 0.405 e. The average Bonchev–Trinajstić information content (AvgIpc) is 3.17. The molecule has 1 saturated carbocycles. The van der Waals surface area contributed by atoms with Crippen LogP contribution < -0.4 is 10.6 Å². The van der Waals surface area contributed by atoms with Crippen molar-refractivity contribution in [3.05, 3.63) is 22.9 Å². The molecule has 1 aromatic heterocycles. The molecular formula is C13H17F3N4O. The number of hydrogen-bond donors (Lipinski definition) is 2. The molecule has 0 aromatic carbocycles. The normalized spacial score (nSPS) is 16.1. The molecule has 116 valence electrons. The number of rotatable bonds is 4. The highest BCUT2D eigenvalue weighted by atomic mass is 19.4. The zero-order valence-corrected chi connectivity index (χ0v) is 11.8. The standard InChI is InChI=1S/C13H17F3N4O/c1-7-5-8(2)18-12(10(7)11(17)19-21)20(9-3-4-9)6-13(14,15)16/h5,9,21H,3-4,6H2,1-2H3,(H2,17,19). The van der Waals surface area contributed by atoms with Crippen molar-refractivity contribution < 1.29 is 18.4 Å². The number of hydrogen-bond acceptors (Lipinski definition) is 4. The molecule has 0 radical (unpaired) electrons. The van der Waals surface area contributed by atoms with Crippen LogP contribution in [0.5, 0.6) is 0 Å². The molecule has 8 heteroatoms. The Labute approximate surface area is 120 Å². The molecule has 5 nitrogen and oxygen atoms in total. The van der Waals surface area contributed by atoms with Crippen LogP contribution in [0, 0.1) is 13.8 Å². The fourth-order valence-corrected chi connectivity index (χ4v) is 2.35. The van der Waals surface area contributed by atoms with Gasteiger partial charge in [-0.3, -0.25) is 0 Å². The minimum Gasteiger partial charge on any atom is -0.409 e. The van der Waals surface area contributed by atoms with Crippen molar-refractivity contribution in [3.8, 4) is 0 Å². The van der Waals surface area contributed by atoms with Gasteiger partial charge in [-0.25, -0.2) is 4.98 Å². The number of halogens is 3. The van der Waals surface area contributed by atoms with Gasteiger partial charge in [-0.1, -0.05) is 5.16 Å². The van der Waals surface area contributed by atoms with Gasteiger partial charge >= 0.3 is 6.18 Å². The van der Waals surface area contributed by atoms with E-state index in [9.17, 15) is 13.2 Å². The summed E-state index contributed by atoms with van der Waals surface area (Å²) in [7, 11) is 0. The summed E-state index contributed by atoms with van der Waals surface area (Å²) in [6.07, 6.45) is -2.98. The summed E-state index contributed by atoms with van der Waals surface area (Å²) in [4.78, 5) is 5.40. The summed E-state index contributed by atoms with van der Waals surface area (Å²) < 4.78 is 38.4. The number of alkyl halides is 3. The van der Waals surface area contributed by atoms with E-state index >= 15 is 0 Å². The third kappa shape index (κ3) is 3.56. The molecule has 0 saturated heterocycles. The highest BCUT2D eigenvalue weighted by molar-refractivity contribution is 6.02. The van der Waals surface area contributed by atoms with Gasteiger partial charge in [0.2, 0.25) is 0 Å². The Balaban J connectivity index is 2.53. The molecule has 0 aliphatic heterocycles. The number of nitrogens with zero attached hydrogens (tertiary/aromatic N) is 3. The predicted molar refractivity (Wildman–Crippen MR) is 72.6 cm³/mol. The van der Waals surface area contributed by atoms with E-state index in [0.717, 1.165) is 0 Å². The number of nitrogens with two attached hydrogens (primary N) is 1. The van der Waals surface area contributed by atoms with Crippen LogP contribution in [0.3, 0.4) is 0 Å². The average molecular weight is 302 g/mol. The second-order valence-electron chi connectivity index (χ2n) is 5.24. The third-order valence-corrected chi connectivity index (χ3v) is 3.30. The highest BCUT2D eigenvalue weighted by Gasteiger charge is 2.40. The summed E-state index contributed by atoms with van der Waals surface area (Å²) in [6, 6.07) is 1.49. The van der Waals surface area contributed by atoms with Crippen molar-refractivity contribution in [3.63, 3.8) is 0 Å². The lowest BCUT2D eigenvalue weighted by atomic mass is 10.1. The van der Waals surface area contributed by atoms with Crippen molar-refractivity contribution in [1.82, 2.24) is 4.98 Å². The first kappa shape index (κ1) is 15.4. The van der Waals surface area contributed by atoms with E-state index in [2.05, 4.69) is 10.1 Å². The number of amidine groups is 1. The van der Waals surface area contributed by atoms with Crippen LogP contribution in [-0.2, 0) is 0 Å². The van der Waals surface area contributed by atoms with E-state index in [1.54, 1.807) is 19.9 Å². The van der Waals surface area contributed by atoms with Crippen LogP contribution in [0.2, 0.25) is 0 Å². The molecular weight excluding hydrogens is 285 g/mol. The molecule has 0 amide bonds. The van der Waals surface area contributed by atoms with Crippen LogP contribution in [0.4, 0.5) is 19.0 Å². The first-order chi connectivity index (χ1) is 9.73. The predicted octanol–water partition coefficient (Wildman–Crippen LogP) is 2.32. The Bertz CT molecular complexity index is 567. The van der Waals surface area contributed by atoms with Gasteiger partial charge in [0, 0.05) is 11.7 Å². The fraction of sp³-hybridized carbons (Fsp3) is 0.538. The molecule has 1 aliphatic carbocycles. The SMILES string of the molecule is Cc1cc(C)c(C(N)=NO)c(N(CC(F)(F)F)C2CC2)n1. The Morgan fingerprint density at radius 2 is 2.10 bits per heavy atom. The van der Waals surface area contributed by atoms with E-state index in [4.69, 9.17) is 10.9 Å². The fourth-order valence-electron chi connectivity index (χ4n) is 2.35. The van der Waals surface area contributed by atoms with Crippen molar-refractivity contribution in [2.45, 2.75) is 38.9 Å². The minimum absolute atomic E-state index is 0.127. The molecule has 3 N–H and O–H groups in total. The molecule has 1 heterocycles. The van der Waals surface area contributed by atoms with Crippen molar-refractivity contribution in [2.24, 2.45) is 10.9 Å². The molecule has 1 fully saturated rings. The number of aromatic nitrogens is 1. The maximum absolute atomic E-state index is 12.8. The van der Waals surface area contributed by atoms with E-state index < -0.39 is 12.7 Å². The summed E-state index contributed by atoms with van der Waals surface area (Å²) in [5.41, 5.74) is 7.08. The van der Waals surface area contributed by atoms with Crippen LogP contribution in [0.1, 0.15) is 29.7 Å². The summed E-state index contributed by atoms with van der Waals surface area (Å²) in [5.74, 6) is -0.106. The number of oxime groups is 1. The monoisotopic (exact) mass is 302 g/mol. The van der Waals surface area contributed by atoms with Crippen molar-refractivity contribution in [1.29, 1.82) is 0 Å². The zero-order valence-electron chi connectivity index (χ0n) is 11.8. The lowest BCUT2D eigenvalue weighted by Crippen LogP contribution is -2.38. The van der Waals surface area contributed by atoms with Gasteiger partial charge in [-0.05, 0) is 38.3 Å². The maximum Gasteiger partial charge on any atom is 0.405 e. The van der Waals surface area contributed by atoms with E-state index in [1.807, 2.05) is 0 Å². The Hall–Kier alpha value is -1.99. The third-order valence-electron chi connectivity index (χ3n) is 3.30. The van der Waals surface area contributed by atoms with Gasteiger partial charge in [0.15, 0.2) is 5.84 Å². The first-order valence-corrected chi connectivity index (χ1v) is 6.52. The van der Waals surface area contributed by atoms with Gasteiger partial charge in [-0.2, -0.15) is 13.2 Å². The Morgan fingerprint density at radius 1 is 1.48 bits per heavy atom. The highest BCUT2D eigenvalue weighted by Crippen LogP contribution is 2.36. The van der Waals surface area contributed by atoms with Crippen molar-refractivity contribution >= 4 is 11.7 Å². The molecule has 0 unspecified atom stereocenters. The largest absolute Gasteiger partial charge is 0.409 e. The summed E-state index contributed by atoms with van der Waals surface area (Å²) in [6.45, 7) is 2.30. The van der Waals surface area contributed by atoms with Gasteiger partial charge in [-0.15, -0.1) is 0 Å². The van der Waals surface area contributed by atoms with Gasteiger partial charge in [0.1, 0.15) is 12.4 Å². The van der Waals surface area contributed by atoms with E-state index in [-0.39, 0.29) is 23.3 Å². The van der Waals surface area contributed by atoms with Gasteiger partial charge < -0.3 is 15.8 Å². The maximum atomic E-state index is 12.8. The summed E-state index contributed by atoms with van der Waals surface area (Å²) in [5, 5.41) is 11.8.